The molecule has 0 unspecified atom stereocenters. The summed E-state index contributed by atoms with van der Waals surface area (Å²) in [5.41, 5.74) is 3.99. The van der Waals surface area contributed by atoms with Gasteiger partial charge in [-0.1, -0.05) is 36.4 Å². The first-order chi connectivity index (χ1) is 16.9. The molecule has 1 N–H and O–H groups in total. The first kappa shape index (κ1) is 24.2. The van der Waals surface area contributed by atoms with Crippen molar-refractivity contribution < 1.29 is 19.1 Å². The lowest BCUT2D eigenvalue weighted by Crippen LogP contribution is -2.37. The van der Waals surface area contributed by atoms with E-state index >= 15 is 0 Å². The molecule has 1 fully saturated rings. The Bertz CT molecular complexity index is 1250. The van der Waals surface area contributed by atoms with Crippen LogP contribution >= 0.6 is 11.8 Å². The summed E-state index contributed by atoms with van der Waals surface area (Å²) < 4.78 is 5.95. The van der Waals surface area contributed by atoms with Gasteiger partial charge in [0.25, 0.3) is 17.1 Å². The second-order valence-corrected chi connectivity index (χ2v) is 9.08. The fourth-order valence-corrected chi connectivity index (χ4v) is 4.59. The van der Waals surface area contributed by atoms with Crippen LogP contribution in [0.25, 0.3) is 6.08 Å². The van der Waals surface area contributed by atoms with E-state index < -0.39 is 0 Å². The summed E-state index contributed by atoms with van der Waals surface area (Å²) in [6.45, 7) is 4.43. The highest BCUT2D eigenvalue weighted by molar-refractivity contribution is 8.18. The molecule has 0 radical (unpaired) electrons. The Morgan fingerprint density at radius 2 is 1.83 bits per heavy atom. The third kappa shape index (κ3) is 5.96. The molecule has 1 aliphatic rings. The third-order valence-corrected chi connectivity index (χ3v) is 6.33. The first-order valence-corrected chi connectivity index (χ1v) is 12.0. The standard InChI is InChI=1S/C27H25N3O4S/c1-18-13-22(14-19(2)24(18)34-17-21-9-6-10-28-16-21)25(31)29-11-12-30-26(32)23(35-27(30)33)15-20-7-4-3-5-8-20/h3-10,13-16H,11-12,17H2,1-2H3,(H,29,31)/b23-15+. The van der Waals surface area contributed by atoms with E-state index in [0.29, 0.717) is 17.1 Å². The average Bonchev–Trinajstić information content (AvgIpc) is 3.12. The number of nitrogens with one attached hydrogen (secondary N) is 1. The molecule has 4 rings (SSSR count). The van der Waals surface area contributed by atoms with Crippen LogP contribution in [0.4, 0.5) is 4.79 Å². The summed E-state index contributed by atoms with van der Waals surface area (Å²) in [4.78, 5) is 43.3. The fraction of sp³-hybridized carbons (Fsp3) is 0.185. The summed E-state index contributed by atoms with van der Waals surface area (Å²) >= 11 is 0.908. The summed E-state index contributed by atoms with van der Waals surface area (Å²) in [7, 11) is 0. The van der Waals surface area contributed by atoms with E-state index in [9.17, 15) is 14.4 Å². The number of aromatic nitrogens is 1. The van der Waals surface area contributed by atoms with Gasteiger partial charge in [0.05, 0.1) is 4.91 Å². The summed E-state index contributed by atoms with van der Waals surface area (Å²) in [6, 6.07) is 16.7. The van der Waals surface area contributed by atoms with Gasteiger partial charge in [-0.2, -0.15) is 0 Å². The van der Waals surface area contributed by atoms with Crippen LogP contribution in [0.1, 0.15) is 32.6 Å². The van der Waals surface area contributed by atoms with Gasteiger partial charge in [-0.05, 0) is 66.6 Å². The molecule has 2 heterocycles. The van der Waals surface area contributed by atoms with E-state index in [1.165, 1.54) is 0 Å². The normalized spacial score (nSPS) is 14.5. The number of ether oxygens (including phenoxy) is 1. The van der Waals surface area contributed by atoms with Gasteiger partial charge in [0.1, 0.15) is 12.4 Å². The molecule has 2 aromatic carbocycles. The number of amides is 3. The minimum absolute atomic E-state index is 0.104. The molecule has 1 aliphatic heterocycles. The van der Waals surface area contributed by atoms with Crippen molar-refractivity contribution in [1.29, 1.82) is 0 Å². The number of carbonyl (C=O) groups excluding carboxylic acids is 3. The predicted molar refractivity (Wildman–Crippen MR) is 136 cm³/mol. The number of carbonyl (C=O) groups is 3. The highest BCUT2D eigenvalue weighted by Gasteiger charge is 2.34. The van der Waals surface area contributed by atoms with Crippen molar-refractivity contribution in [2.24, 2.45) is 0 Å². The number of hydrogen-bond acceptors (Lipinski definition) is 6. The lowest BCUT2D eigenvalue weighted by Gasteiger charge is -2.15. The van der Waals surface area contributed by atoms with Crippen LogP contribution < -0.4 is 10.1 Å². The zero-order valence-electron chi connectivity index (χ0n) is 19.5. The van der Waals surface area contributed by atoms with Gasteiger partial charge in [0.15, 0.2) is 0 Å². The van der Waals surface area contributed by atoms with Gasteiger partial charge in [0.2, 0.25) is 0 Å². The molecule has 0 saturated carbocycles. The number of imide groups is 1. The van der Waals surface area contributed by atoms with Crippen molar-refractivity contribution in [3.8, 4) is 5.75 Å². The van der Waals surface area contributed by atoms with Crippen molar-refractivity contribution in [3.05, 3.63) is 99.7 Å². The zero-order valence-corrected chi connectivity index (χ0v) is 20.3. The molecular formula is C27H25N3O4S. The number of hydrogen-bond donors (Lipinski definition) is 1. The molecule has 3 amide bonds. The highest BCUT2D eigenvalue weighted by Crippen LogP contribution is 2.32. The molecular weight excluding hydrogens is 462 g/mol. The Kier molecular flexibility index (Phi) is 7.62. The topological polar surface area (TPSA) is 88.6 Å². The van der Waals surface area contributed by atoms with Crippen molar-refractivity contribution in [1.82, 2.24) is 15.2 Å². The first-order valence-electron chi connectivity index (χ1n) is 11.1. The zero-order chi connectivity index (χ0) is 24.8. The van der Waals surface area contributed by atoms with Gasteiger partial charge in [-0.25, -0.2) is 0 Å². The Labute approximate surface area is 208 Å². The quantitative estimate of drug-likeness (QED) is 0.462. The van der Waals surface area contributed by atoms with E-state index in [1.54, 1.807) is 30.6 Å². The molecule has 1 aromatic heterocycles. The van der Waals surface area contributed by atoms with Crippen molar-refractivity contribution >= 4 is 34.9 Å². The second-order valence-electron chi connectivity index (χ2n) is 8.09. The summed E-state index contributed by atoms with van der Waals surface area (Å²) in [5.74, 6) is 0.107. The molecule has 3 aromatic rings. The van der Waals surface area contributed by atoms with E-state index in [1.807, 2.05) is 56.3 Å². The van der Waals surface area contributed by atoms with Gasteiger partial charge in [0, 0.05) is 36.6 Å². The van der Waals surface area contributed by atoms with Crippen LogP contribution in [0.2, 0.25) is 0 Å². The Morgan fingerprint density at radius 1 is 1.09 bits per heavy atom. The molecule has 35 heavy (non-hydrogen) atoms. The Morgan fingerprint density at radius 3 is 2.51 bits per heavy atom. The highest BCUT2D eigenvalue weighted by atomic mass is 32.2. The van der Waals surface area contributed by atoms with Crippen LogP contribution in [-0.4, -0.2) is 40.0 Å². The van der Waals surface area contributed by atoms with E-state index in [-0.39, 0.29) is 30.1 Å². The fourth-order valence-electron chi connectivity index (χ4n) is 3.72. The number of nitrogens with zero attached hydrogens (tertiary/aromatic N) is 2. The second kappa shape index (κ2) is 11.0. The van der Waals surface area contributed by atoms with Gasteiger partial charge < -0.3 is 10.1 Å². The maximum Gasteiger partial charge on any atom is 0.293 e. The van der Waals surface area contributed by atoms with Gasteiger partial charge in [-0.15, -0.1) is 0 Å². The molecule has 1 saturated heterocycles. The number of rotatable bonds is 8. The van der Waals surface area contributed by atoms with E-state index in [0.717, 1.165) is 44.7 Å². The number of aryl methyl sites for hydroxylation is 2. The predicted octanol–water partition coefficient (Wildman–Crippen LogP) is 4.74. The molecule has 0 aliphatic carbocycles. The summed E-state index contributed by atoms with van der Waals surface area (Å²) in [5, 5.41) is 2.46. The molecule has 8 heteroatoms. The van der Waals surface area contributed by atoms with Crippen molar-refractivity contribution in [2.45, 2.75) is 20.5 Å². The number of pyridine rings is 1. The number of thioether (sulfide) groups is 1. The molecule has 178 valence electrons. The minimum atomic E-state index is -0.347. The smallest absolute Gasteiger partial charge is 0.293 e. The van der Waals surface area contributed by atoms with Crippen LogP contribution in [0.5, 0.6) is 5.75 Å². The monoisotopic (exact) mass is 487 g/mol. The van der Waals surface area contributed by atoms with Crippen molar-refractivity contribution in [2.75, 3.05) is 13.1 Å². The van der Waals surface area contributed by atoms with Crippen molar-refractivity contribution in [3.63, 3.8) is 0 Å². The molecule has 0 atom stereocenters. The summed E-state index contributed by atoms with van der Waals surface area (Å²) in [6.07, 6.45) is 5.16. The lowest BCUT2D eigenvalue weighted by atomic mass is 10.0. The van der Waals surface area contributed by atoms with Gasteiger partial charge in [-0.3, -0.25) is 24.3 Å². The van der Waals surface area contributed by atoms with Crippen LogP contribution in [0.15, 0.2) is 71.9 Å². The molecule has 7 nitrogen and oxygen atoms in total. The Balaban J connectivity index is 1.33. The average molecular weight is 488 g/mol. The molecule has 0 spiro atoms. The van der Waals surface area contributed by atoms with Crippen LogP contribution in [0.3, 0.4) is 0 Å². The lowest BCUT2D eigenvalue weighted by molar-refractivity contribution is -0.122. The SMILES string of the molecule is Cc1cc(C(=O)NCCN2C(=O)S/C(=C/c3ccccc3)C2=O)cc(C)c1OCc1cccnc1. The van der Waals surface area contributed by atoms with E-state index in [4.69, 9.17) is 4.74 Å². The van der Waals surface area contributed by atoms with Crippen LogP contribution in [-0.2, 0) is 11.4 Å². The van der Waals surface area contributed by atoms with Crippen LogP contribution in [0, 0.1) is 13.8 Å². The maximum absolute atomic E-state index is 12.7. The van der Waals surface area contributed by atoms with Gasteiger partial charge >= 0.3 is 0 Å². The third-order valence-electron chi connectivity index (χ3n) is 5.42. The minimum Gasteiger partial charge on any atom is -0.488 e. The molecule has 0 bridgehead atoms. The maximum atomic E-state index is 12.7. The largest absolute Gasteiger partial charge is 0.488 e. The van der Waals surface area contributed by atoms with E-state index in [2.05, 4.69) is 10.3 Å². The Hall–Kier alpha value is -3.91. The number of benzene rings is 2.